The van der Waals surface area contributed by atoms with Gasteiger partial charge in [0, 0.05) is 35.9 Å². The van der Waals surface area contributed by atoms with Gasteiger partial charge < -0.3 is 19.0 Å². The van der Waals surface area contributed by atoms with Crippen molar-refractivity contribution in [3.8, 4) is 22.8 Å². The number of fused-ring (bicyclic) bond motifs is 2. The molecule has 1 atom stereocenters. The van der Waals surface area contributed by atoms with Crippen molar-refractivity contribution in [3.63, 3.8) is 0 Å². The first-order valence-corrected chi connectivity index (χ1v) is 11.2. The monoisotopic (exact) mass is 505 g/mol. The van der Waals surface area contributed by atoms with Crippen LogP contribution in [0.15, 0.2) is 77.7 Å². The first-order valence-electron chi connectivity index (χ1n) is 11.2. The van der Waals surface area contributed by atoms with Crippen LogP contribution in [0, 0.1) is 0 Å². The molecule has 6 rings (SSSR count). The molecule has 37 heavy (non-hydrogen) atoms. The van der Waals surface area contributed by atoms with Crippen molar-refractivity contribution in [1.29, 1.82) is 0 Å². The van der Waals surface area contributed by atoms with E-state index in [4.69, 9.17) is 4.42 Å². The Hall–Kier alpha value is -4.48. The summed E-state index contributed by atoms with van der Waals surface area (Å²) in [5.74, 6) is 0.559. The molecule has 4 aromatic heterocycles. The summed E-state index contributed by atoms with van der Waals surface area (Å²) in [5, 5.41) is 20.5. The van der Waals surface area contributed by atoms with Gasteiger partial charge in [-0.05, 0) is 36.4 Å². The Morgan fingerprint density at radius 2 is 1.76 bits per heavy atom. The van der Waals surface area contributed by atoms with Crippen LogP contribution in [0.4, 0.5) is 19.0 Å². The Morgan fingerprint density at radius 3 is 2.51 bits per heavy atom. The molecule has 0 bridgehead atoms. The highest BCUT2D eigenvalue weighted by molar-refractivity contribution is 5.77. The molecule has 0 radical (unpaired) electrons. The van der Waals surface area contributed by atoms with Gasteiger partial charge in [-0.1, -0.05) is 18.2 Å². The molecule has 1 aliphatic heterocycles. The number of oxazole rings is 1. The van der Waals surface area contributed by atoms with Crippen LogP contribution in [0.5, 0.6) is 0 Å². The Labute approximate surface area is 207 Å². The van der Waals surface area contributed by atoms with Crippen LogP contribution in [-0.4, -0.2) is 29.6 Å². The molecule has 0 fully saturated rings. The van der Waals surface area contributed by atoms with Gasteiger partial charge in [0.15, 0.2) is 17.8 Å². The lowest BCUT2D eigenvalue weighted by molar-refractivity contribution is -0.137. The van der Waals surface area contributed by atoms with Gasteiger partial charge in [0.1, 0.15) is 5.65 Å². The van der Waals surface area contributed by atoms with Crippen molar-refractivity contribution in [2.24, 2.45) is 0 Å². The third-order valence-corrected chi connectivity index (χ3v) is 6.03. The average molecular weight is 505 g/mol. The van der Waals surface area contributed by atoms with Crippen LogP contribution in [0.1, 0.15) is 28.7 Å². The highest BCUT2D eigenvalue weighted by Crippen LogP contribution is 2.41. The van der Waals surface area contributed by atoms with Crippen molar-refractivity contribution in [1.82, 2.24) is 19.4 Å². The zero-order valence-electron chi connectivity index (χ0n) is 19.0. The number of imidazole rings is 1. The van der Waals surface area contributed by atoms with Gasteiger partial charge in [-0.25, -0.2) is 4.98 Å². The third kappa shape index (κ3) is 4.03. The number of aliphatic hydroxyl groups is 2. The second-order valence-electron chi connectivity index (χ2n) is 8.40. The highest BCUT2D eigenvalue weighted by Gasteiger charge is 2.32. The molecule has 0 aliphatic carbocycles. The molecule has 1 unspecified atom stereocenters. The molecule has 1 aromatic carbocycles. The molecule has 8 nitrogen and oxygen atoms in total. The third-order valence-electron chi connectivity index (χ3n) is 6.03. The van der Waals surface area contributed by atoms with E-state index in [0.717, 1.165) is 17.7 Å². The van der Waals surface area contributed by atoms with Crippen molar-refractivity contribution in [2.45, 2.75) is 19.0 Å². The summed E-state index contributed by atoms with van der Waals surface area (Å²) in [6.45, 7) is -0.215. The maximum Gasteiger partial charge on any atom is 0.416 e. The molecule has 2 N–H and O–H groups in total. The van der Waals surface area contributed by atoms with Crippen LogP contribution >= 0.6 is 0 Å². The number of pyridine rings is 2. The molecular formula is C26H18F3N5O3. The molecule has 186 valence electrons. The number of hydrogen-bond acceptors (Lipinski definition) is 7. The minimum atomic E-state index is -4.48. The van der Waals surface area contributed by atoms with E-state index in [2.05, 4.69) is 15.0 Å². The minimum absolute atomic E-state index is 0.175. The Balaban J connectivity index is 1.48. The van der Waals surface area contributed by atoms with Crippen molar-refractivity contribution in [3.05, 3.63) is 95.8 Å². The largest absolute Gasteiger partial charge is 0.434 e. The fourth-order valence-corrected chi connectivity index (χ4v) is 4.20. The van der Waals surface area contributed by atoms with Crippen molar-refractivity contribution < 1.29 is 27.8 Å². The number of rotatable bonds is 4. The number of nitrogens with zero attached hydrogens (tertiary/aromatic N) is 5. The normalized spacial score (nSPS) is 15.4. The van der Waals surface area contributed by atoms with Gasteiger partial charge in [-0.2, -0.15) is 18.2 Å². The molecule has 1 aliphatic rings. The number of halogens is 3. The quantitative estimate of drug-likeness (QED) is 0.353. The number of hydrogen-bond donors (Lipinski definition) is 2. The van der Waals surface area contributed by atoms with Gasteiger partial charge in [-0.15, -0.1) is 0 Å². The molecule has 0 saturated carbocycles. The second-order valence-corrected chi connectivity index (χ2v) is 8.40. The molecule has 0 saturated heterocycles. The van der Waals surface area contributed by atoms with Crippen LogP contribution in [0.25, 0.3) is 34.5 Å². The summed E-state index contributed by atoms with van der Waals surface area (Å²) in [4.78, 5) is 14.6. The first-order chi connectivity index (χ1) is 17.8. The van der Waals surface area contributed by atoms with Crippen LogP contribution in [0.2, 0.25) is 0 Å². The van der Waals surface area contributed by atoms with E-state index < -0.39 is 18.0 Å². The van der Waals surface area contributed by atoms with E-state index >= 15 is 0 Å². The standard InChI is InChI=1S/C26H18F3N5O3/c27-26(28,29)18-6-3-16(4-7-18)22-23(34-11-9-15-2-1-10-30-21(15)25(34)36)32-24(37-22)17-5-8-20-31-19(14-35)13-33(20)12-17/h1-13,25,35-36H,14H2. The van der Waals surface area contributed by atoms with E-state index in [1.165, 1.54) is 17.0 Å². The van der Waals surface area contributed by atoms with E-state index in [-0.39, 0.29) is 24.1 Å². The number of benzene rings is 1. The second kappa shape index (κ2) is 8.57. The number of aliphatic hydroxyl groups excluding tert-OH is 2. The SMILES string of the molecule is OCc1cn2cc(-c3nc(N4C=Cc5cccnc5C4O)c(-c4ccc(C(F)(F)F)cc4)o3)ccc2n1. The fraction of sp³-hybridized carbons (Fsp3) is 0.115. The van der Waals surface area contributed by atoms with Gasteiger partial charge in [0.25, 0.3) is 0 Å². The number of alkyl halides is 3. The molecule has 11 heteroatoms. The lowest BCUT2D eigenvalue weighted by Gasteiger charge is -2.28. The smallest absolute Gasteiger partial charge is 0.416 e. The fourth-order valence-electron chi connectivity index (χ4n) is 4.20. The summed E-state index contributed by atoms with van der Waals surface area (Å²) in [5.41, 5.74) is 2.35. The van der Waals surface area contributed by atoms with Gasteiger partial charge in [0.05, 0.1) is 29.1 Å². The molecule has 5 heterocycles. The topological polar surface area (TPSA) is 99.9 Å². The van der Waals surface area contributed by atoms with E-state index in [1.807, 2.05) is 6.07 Å². The van der Waals surface area contributed by atoms with Crippen LogP contribution < -0.4 is 4.90 Å². The summed E-state index contributed by atoms with van der Waals surface area (Å²) in [6, 6.07) is 11.6. The zero-order valence-corrected chi connectivity index (χ0v) is 19.0. The summed E-state index contributed by atoms with van der Waals surface area (Å²) < 4.78 is 47.3. The Morgan fingerprint density at radius 1 is 0.973 bits per heavy atom. The molecule has 5 aromatic rings. The predicted octanol–water partition coefficient (Wildman–Crippen LogP) is 5.04. The minimum Gasteiger partial charge on any atom is -0.434 e. The lowest BCUT2D eigenvalue weighted by Crippen LogP contribution is -2.27. The van der Waals surface area contributed by atoms with Crippen molar-refractivity contribution >= 4 is 17.5 Å². The van der Waals surface area contributed by atoms with Crippen LogP contribution in [-0.2, 0) is 12.8 Å². The van der Waals surface area contributed by atoms with Crippen LogP contribution in [0.3, 0.4) is 0 Å². The molecular weight excluding hydrogens is 487 g/mol. The maximum absolute atomic E-state index is 13.1. The molecule has 0 spiro atoms. The van der Waals surface area contributed by atoms with E-state index in [9.17, 15) is 23.4 Å². The summed E-state index contributed by atoms with van der Waals surface area (Å²) >= 11 is 0. The first kappa shape index (κ1) is 23.0. The highest BCUT2D eigenvalue weighted by atomic mass is 19.4. The number of anilines is 1. The average Bonchev–Trinajstić information content (AvgIpc) is 3.53. The van der Waals surface area contributed by atoms with Gasteiger partial charge >= 0.3 is 6.18 Å². The van der Waals surface area contributed by atoms with Crippen molar-refractivity contribution in [2.75, 3.05) is 4.90 Å². The summed E-state index contributed by atoms with van der Waals surface area (Å²) in [7, 11) is 0. The van der Waals surface area contributed by atoms with E-state index in [1.54, 1.807) is 53.5 Å². The van der Waals surface area contributed by atoms with Gasteiger partial charge in [-0.3, -0.25) is 9.88 Å². The van der Waals surface area contributed by atoms with Gasteiger partial charge in [0.2, 0.25) is 5.89 Å². The van der Waals surface area contributed by atoms with E-state index in [0.29, 0.717) is 28.2 Å². The summed E-state index contributed by atoms with van der Waals surface area (Å²) in [6.07, 6.45) is 2.64. The maximum atomic E-state index is 13.1. The predicted molar refractivity (Wildman–Crippen MR) is 128 cm³/mol. The molecule has 0 amide bonds. The lowest BCUT2D eigenvalue weighted by atomic mass is 10.1. The number of aromatic nitrogens is 4. The zero-order chi connectivity index (χ0) is 25.7. The Kier molecular flexibility index (Phi) is 5.32. The Bertz CT molecular complexity index is 1640.